The molecule has 24 heavy (non-hydrogen) atoms. The standard InChI is InChI=1S/C20H30O4/c1-19-7-5-14-12(13(19)3-4-16(19)23)9-11(10-21)17-18(24)15(22)6-8-20(14,17)2/h10,12-16,21-24H,3-9H2,1-2H3/t12-,13-,14-,15-,16-,19-,20+/m0/s1. The van der Waals surface area contributed by atoms with Crippen LogP contribution in [0.1, 0.15) is 58.8 Å². The highest BCUT2D eigenvalue weighted by atomic mass is 16.3. The van der Waals surface area contributed by atoms with Crippen LogP contribution in [0, 0.1) is 28.6 Å². The summed E-state index contributed by atoms with van der Waals surface area (Å²) in [4.78, 5) is 0. The molecule has 4 N–H and O–H groups in total. The maximum absolute atomic E-state index is 10.5. The van der Waals surface area contributed by atoms with Gasteiger partial charge in [0.05, 0.1) is 12.4 Å². The van der Waals surface area contributed by atoms with Crippen LogP contribution in [0.2, 0.25) is 0 Å². The van der Waals surface area contributed by atoms with Crippen LogP contribution in [0.25, 0.3) is 0 Å². The van der Waals surface area contributed by atoms with Crippen molar-refractivity contribution in [2.75, 3.05) is 0 Å². The molecule has 0 saturated heterocycles. The number of hydrogen-bond donors (Lipinski definition) is 4. The van der Waals surface area contributed by atoms with Gasteiger partial charge in [-0.05, 0) is 79.1 Å². The molecule has 4 aliphatic carbocycles. The van der Waals surface area contributed by atoms with E-state index in [4.69, 9.17) is 0 Å². The van der Waals surface area contributed by atoms with Crippen molar-refractivity contribution < 1.29 is 20.4 Å². The molecule has 4 heteroatoms. The van der Waals surface area contributed by atoms with Gasteiger partial charge in [0.1, 0.15) is 11.9 Å². The Balaban J connectivity index is 1.80. The third-order valence-corrected chi connectivity index (χ3v) is 8.22. The van der Waals surface area contributed by atoms with E-state index in [-0.39, 0.29) is 22.7 Å². The van der Waals surface area contributed by atoms with E-state index < -0.39 is 6.10 Å². The van der Waals surface area contributed by atoms with Crippen LogP contribution >= 0.6 is 0 Å². The van der Waals surface area contributed by atoms with Crippen molar-refractivity contribution in [3.8, 4) is 0 Å². The Labute approximate surface area is 143 Å². The molecule has 3 saturated carbocycles. The molecule has 4 aliphatic rings. The lowest BCUT2D eigenvalue weighted by Crippen LogP contribution is -2.52. The Morgan fingerprint density at radius 1 is 1.00 bits per heavy atom. The quantitative estimate of drug-likeness (QED) is 0.510. The minimum absolute atomic E-state index is 0.00443. The SMILES string of the molecule is C[C@]12CC[C@H]3[C@@H](CC(=CO)C4=C(O)[C@@H](O)CC[C@@]43C)[C@@H]1CC[C@@H]2O. The smallest absolute Gasteiger partial charge is 0.125 e. The van der Waals surface area contributed by atoms with E-state index in [0.717, 1.165) is 55.9 Å². The molecule has 0 aromatic rings. The Hall–Kier alpha value is -1.00. The summed E-state index contributed by atoms with van der Waals surface area (Å²) in [5.74, 6) is 1.45. The molecule has 4 nitrogen and oxygen atoms in total. The molecule has 0 unspecified atom stereocenters. The van der Waals surface area contributed by atoms with Crippen LogP contribution in [0.15, 0.2) is 23.2 Å². The van der Waals surface area contributed by atoms with Crippen molar-refractivity contribution in [1.29, 1.82) is 0 Å². The fourth-order valence-corrected chi connectivity index (χ4v) is 6.87. The zero-order valence-electron chi connectivity index (χ0n) is 14.7. The number of aliphatic hydroxyl groups excluding tert-OH is 4. The van der Waals surface area contributed by atoms with E-state index in [2.05, 4.69) is 13.8 Å². The van der Waals surface area contributed by atoms with Gasteiger partial charge in [-0.25, -0.2) is 0 Å². The number of hydrogen-bond acceptors (Lipinski definition) is 4. The van der Waals surface area contributed by atoms with Gasteiger partial charge in [0, 0.05) is 5.57 Å². The van der Waals surface area contributed by atoms with Gasteiger partial charge in [0.25, 0.3) is 0 Å². The van der Waals surface area contributed by atoms with Crippen molar-refractivity contribution in [2.45, 2.75) is 71.0 Å². The van der Waals surface area contributed by atoms with Gasteiger partial charge in [-0.3, -0.25) is 0 Å². The Morgan fingerprint density at radius 3 is 2.46 bits per heavy atom. The van der Waals surface area contributed by atoms with Crippen LogP contribution < -0.4 is 0 Å². The maximum Gasteiger partial charge on any atom is 0.125 e. The summed E-state index contributed by atoms with van der Waals surface area (Å²) in [5.41, 5.74) is 1.40. The van der Waals surface area contributed by atoms with Gasteiger partial charge < -0.3 is 20.4 Å². The molecule has 0 aromatic carbocycles. The molecule has 3 fully saturated rings. The van der Waals surface area contributed by atoms with Gasteiger partial charge in [-0.1, -0.05) is 13.8 Å². The van der Waals surface area contributed by atoms with E-state index in [1.807, 2.05) is 0 Å². The number of aliphatic hydroxyl groups is 4. The second-order valence-corrected chi connectivity index (χ2v) is 9.11. The van der Waals surface area contributed by atoms with Crippen LogP contribution in [-0.4, -0.2) is 32.6 Å². The third-order valence-electron chi connectivity index (χ3n) is 8.22. The van der Waals surface area contributed by atoms with Crippen LogP contribution in [0.3, 0.4) is 0 Å². The average molecular weight is 334 g/mol. The van der Waals surface area contributed by atoms with Gasteiger partial charge in [0.2, 0.25) is 0 Å². The maximum atomic E-state index is 10.5. The Bertz CT molecular complexity index is 609. The zero-order valence-corrected chi connectivity index (χ0v) is 14.7. The molecule has 134 valence electrons. The monoisotopic (exact) mass is 334 g/mol. The van der Waals surface area contributed by atoms with Crippen molar-refractivity contribution in [1.82, 2.24) is 0 Å². The van der Waals surface area contributed by atoms with E-state index in [1.165, 1.54) is 0 Å². The predicted molar refractivity (Wildman–Crippen MR) is 91.4 cm³/mol. The van der Waals surface area contributed by atoms with Crippen molar-refractivity contribution >= 4 is 0 Å². The molecule has 0 aromatic heterocycles. The first kappa shape index (κ1) is 16.5. The largest absolute Gasteiger partial charge is 0.515 e. The lowest BCUT2D eigenvalue weighted by Gasteiger charge is -2.58. The number of allylic oxidation sites excluding steroid dienone is 2. The second kappa shape index (κ2) is 5.25. The average Bonchev–Trinajstić information content (AvgIpc) is 2.86. The lowest BCUT2D eigenvalue weighted by atomic mass is 9.46. The molecule has 0 amide bonds. The van der Waals surface area contributed by atoms with E-state index >= 15 is 0 Å². The lowest BCUT2D eigenvalue weighted by molar-refractivity contribution is -0.0724. The molecular formula is C20H30O4. The molecule has 0 heterocycles. The van der Waals surface area contributed by atoms with Crippen LogP contribution in [0.4, 0.5) is 0 Å². The third kappa shape index (κ3) is 1.93. The fraction of sp³-hybridized carbons (Fsp3) is 0.800. The highest BCUT2D eigenvalue weighted by Gasteiger charge is 2.60. The highest BCUT2D eigenvalue weighted by molar-refractivity contribution is 5.44. The van der Waals surface area contributed by atoms with Gasteiger partial charge >= 0.3 is 0 Å². The van der Waals surface area contributed by atoms with E-state index in [9.17, 15) is 20.4 Å². The summed E-state index contributed by atoms with van der Waals surface area (Å²) in [7, 11) is 0. The molecule has 0 aliphatic heterocycles. The summed E-state index contributed by atoms with van der Waals surface area (Å²) >= 11 is 0. The van der Waals surface area contributed by atoms with Crippen molar-refractivity contribution in [3.05, 3.63) is 23.2 Å². The summed E-state index contributed by atoms with van der Waals surface area (Å²) in [5, 5.41) is 41.0. The Kier molecular flexibility index (Phi) is 3.60. The van der Waals surface area contributed by atoms with Crippen LogP contribution in [0.5, 0.6) is 0 Å². The molecular weight excluding hydrogens is 304 g/mol. The Morgan fingerprint density at radius 2 is 1.75 bits per heavy atom. The molecule has 0 spiro atoms. The van der Waals surface area contributed by atoms with E-state index in [1.54, 1.807) is 0 Å². The molecule has 7 atom stereocenters. The first-order valence-corrected chi connectivity index (χ1v) is 9.46. The normalized spacial score (nSPS) is 52.8. The molecule has 0 radical (unpaired) electrons. The van der Waals surface area contributed by atoms with Crippen molar-refractivity contribution in [3.63, 3.8) is 0 Å². The molecule has 0 bridgehead atoms. The highest BCUT2D eigenvalue weighted by Crippen LogP contribution is 2.66. The number of fused-ring (bicyclic) bond motifs is 5. The minimum Gasteiger partial charge on any atom is -0.515 e. The van der Waals surface area contributed by atoms with Gasteiger partial charge in [-0.15, -0.1) is 0 Å². The van der Waals surface area contributed by atoms with Crippen molar-refractivity contribution in [2.24, 2.45) is 28.6 Å². The zero-order chi connectivity index (χ0) is 17.3. The number of rotatable bonds is 0. The summed E-state index contributed by atoms with van der Waals surface area (Å²) in [6.45, 7) is 4.45. The summed E-state index contributed by atoms with van der Waals surface area (Å²) in [6, 6.07) is 0. The second-order valence-electron chi connectivity index (χ2n) is 9.11. The van der Waals surface area contributed by atoms with E-state index in [0.29, 0.717) is 24.2 Å². The predicted octanol–water partition coefficient (Wildman–Crippen LogP) is 3.61. The van der Waals surface area contributed by atoms with Gasteiger partial charge in [-0.2, -0.15) is 0 Å². The first-order valence-electron chi connectivity index (χ1n) is 9.46. The summed E-state index contributed by atoms with van der Waals surface area (Å²) in [6.07, 6.45) is 6.33. The van der Waals surface area contributed by atoms with Crippen LogP contribution in [-0.2, 0) is 0 Å². The van der Waals surface area contributed by atoms with Gasteiger partial charge in [0.15, 0.2) is 0 Å². The topological polar surface area (TPSA) is 80.9 Å². The summed E-state index contributed by atoms with van der Waals surface area (Å²) < 4.78 is 0. The first-order chi connectivity index (χ1) is 11.3. The fourth-order valence-electron chi connectivity index (χ4n) is 6.87. The molecule has 4 rings (SSSR count). The minimum atomic E-state index is -0.804.